The molecule has 19 heavy (non-hydrogen) atoms. The maximum Gasteiger partial charge on any atom is 0.230 e. The van der Waals surface area contributed by atoms with E-state index in [0.29, 0.717) is 13.1 Å². The van der Waals surface area contributed by atoms with Gasteiger partial charge in [0, 0.05) is 23.6 Å². The fourth-order valence-corrected chi connectivity index (χ4v) is 2.64. The van der Waals surface area contributed by atoms with Gasteiger partial charge >= 0.3 is 0 Å². The fraction of sp³-hybridized carbons (Fsp3) is 0.333. The van der Waals surface area contributed by atoms with Crippen molar-refractivity contribution in [2.24, 2.45) is 0 Å². The Labute approximate surface area is 111 Å². The first-order valence-electron chi connectivity index (χ1n) is 6.58. The van der Waals surface area contributed by atoms with E-state index in [0.717, 1.165) is 18.4 Å². The highest BCUT2D eigenvalue weighted by molar-refractivity contribution is 6.05. The van der Waals surface area contributed by atoms with Crippen LogP contribution in [0.5, 0.6) is 0 Å². The third kappa shape index (κ3) is 2.38. The van der Waals surface area contributed by atoms with Crippen molar-refractivity contribution in [3.05, 3.63) is 36.0 Å². The summed E-state index contributed by atoms with van der Waals surface area (Å²) in [6.45, 7) is 0.969. The molecule has 1 saturated heterocycles. The summed E-state index contributed by atoms with van der Waals surface area (Å²) in [5, 5.41) is 1.24. The molecular weight excluding hydrogens is 240 g/mol. The zero-order valence-electron chi connectivity index (χ0n) is 10.7. The summed E-state index contributed by atoms with van der Waals surface area (Å²) in [6, 6.07) is 8.20. The number of aromatic amines is 1. The molecule has 0 atom stereocenters. The number of aromatic nitrogens is 1. The van der Waals surface area contributed by atoms with Crippen molar-refractivity contribution >= 4 is 22.6 Å². The molecule has 0 radical (unpaired) electrons. The number of fused-ring (bicyclic) bond motifs is 1. The maximum absolute atomic E-state index is 11.5. The van der Waals surface area contributed by atoms with Crippen LogP contribution in [0.4, 0.5) is 0 Å². The van der Waals surface area contributed by atoms with Crippen LogP contribution in [-0.2, 0) is 16.0 Å². The van der Waals surface area contributed by atoms with Gasteiger partial charge in [-0.05, 0) is 24.5 Å². The van der Waals surface area contributed by atoms with Gasteiger partial charge in [-0.3, -0.25) is 9.59 Å². The zero-order chi connectivity index (χ0) is 13.2. The minimum Gasteiger partial charge on any atom is -0.361 e. The molecule has 1 aromatic heterocycles. The number of likely N-dealkylation sites (tertiary alicyclic amines) is 1. The predicted molar refractivity (Wildman–Crippen MR) is 72.8 cm³/mol. The average molecular weight is 256 g/mol. The van der Waals surface area contributed by atoms with Crippen LogP contribution in [0.1, 0.15) is 18.4 Å². The molecule has 1 aliphatic heterocycles. The lowest BCUT2D eigenvalue weighted by Gasteiger charge is -2.13. The van der Waals surface area contributed by atoms with Gasteiger partial charge in [-0.15, -0.1) is 0 Å². The third-order valence-electron chi connectivity index (χ3n) is 3.62. The van der Waals surface area contributed by atoms with E-state index in [9.17, 15) is 9.59 Å². The molecule has 3 rings (SSSR count). The van der Waals surface area contributed by atoms with Gasteiger partial charge < -0.3 is 9.88 Å². The van der Waals surface area contributed by atoms with Gasteiger partial charge in [0.1, 0.15) is 0 Å². The number of H-pyrrole nitrogens is 1. The molecule has 4 nitrogen and oxygen atoms in total. The molecule has 0 bridgehead atoms. The van der Waals surface area contributed by atoms with E-state index < -0.39 is 0 Å². The molecule has 0 unspecified atom stereocenters. The van der Waals surface area contributed by atoms with Crippen LogP contribution in [-0.4, -0.2) is 34.7 Å². The normalized spacial score (nSPS) is 15.7. The minimum absolute atomic E-state index is 0.0241. The number of carbonyl (C=O) groups excluding carboxylic acids is 2. The summed E-state index contributed by atoms with van der Waals surface area (Å²) < 4.78 is 0. The van der Waals surface area contributed by atoms with Crippen molar-refractivity contribution in [1.82, 2.24) is 9.88 Å². The Morgan fingerprint density at radius 3 is 2.84 bits per heavy atom. The number of carbonyl (C=O) groups is 2. The number of nitrogens with zero attached hydrogens (tertiary/aromatic N) is 1. The Bertz CT molecular complexity index is 630. The third-order valence-corrected chi connectivity index (χ3v) is 3.62. The number of hydrogen-bond donors (Lipinski definition) is 1. The number of nitrogens with one attached hydrogen (secondary N) is 1. The Balaban J connectivity index is 1.61. The van der Waals surface area contributed by atoms with Gasteiger partial charge in [0.15, 0.2) is 5.78 Å². The number of ketones is 1. The Hall–Kier alpha value is -2.10. The number of hydrogen-bond acceptors (Lipinski definition) is 2. The van der Waals surface area contributed by atoms with E-state index in [2.05, 4.69) is 17.1 Å². The first kappa shape index (κ1) is 12.0. The van der Waals surface area contributed by atoms with Crippen molar-refractivity contribution in [3.8, 4) is 0 Å². The van der Waals surface area contributed by atoms with E-state index in [4.69, 9.17) is 0 Å². The SMILES string of the molecule is O=C1CC(=O)N(CCCc2c[nH]c3ccccc23)C1. The lowest BCUT2D eigenvalue weighted by Crippen LogP contribution is -2.26. The average Bonchev–Trinajstić information content (AvgIpc) is 2.94. The number of amides is 1. The second-order valence-corrected chi connectivity index (χ2v) is 4.99. The number of Topliss-reactive ketones (excluding diaryl/α,β-unsaturated/α-hetero) is 1. The van der Waals surface area contributed by atoms with Gasteiger partial charge in [-0.2, -0.15) is 0 Å². The molecule has 2 heterocycles. The number of aryl methyl sites for hydroxylation is 1. The summed E-state index contributed by atoms with van der Waals surface area (Å²) in [4.78, 5) is 27.6. The van der Waals surface area contributed by atoms with E-state index in [1.165, 1.54) is 10.9 Å². The molecule has 0 aliphatic carbocycles. The predicted octanol–water partition coefficient (Wildman–Crippen LogP) is 1.90. The van der Waals surface area contributed by atoms with Gasteiger partial charge in [0.05, 0.1) is 13.0 Å². The van der Waals surface area contributed by atoms with E-state index in [1.54, 1.807) is 4.90 Å². The van der Waals surface area contributed by atoms with Crippen molar-refractivity contribution < 1.29 is 9.59 Å². The van der Waals surface area contributed by atoms with E-state index >= 15 is 0 Å². The van der Waals surface area contributed by atoms with Gasteiger partial charge in [0.2, 0.25) is 5.91 Å². The highest BCUT2D eigenvalue weighted by Crippen LogP contribution is 2.19. The first-order valence-corrected chi connectivity index (χ1v) is 6.58. The van der Waals surface area contributed by atoms with Crippen LogP contribution >= 0.6 is 0 Å². The second-order valence-electron chi connectivity index (χ2n) is 4.99. The van der Waals surface area contributed by atoms with Crippen LogP contribution < -0.4 is 0 Å². The van der Waals surface area contributed by atoms with Crippen LogP contribution in [0.3, 0.4) is 0 Å². The molecule has 0 spiro atoms. The molecule has 98 valence electrons. The van der Waals surface area contributed by atoms with Gasteiger partial charge in [-0.1, -0.05) is 18.2 Å². The fourth-order valence-electron chi connectivity index (χ4n) is 2.64. The largest absolute Gasteiger partial charge is 0.361 e. The van der Waals surface area contributed by atoms with Crippen LogP contribution in [0.15, 0.2) is 30.5 Å². The first-order chi connectivity index (χ1) is 9.24. The molecule has 2 aromatic rings. The van der Waals surface area contributed by atoms with Gasteiger partial charge in [-0.25, -0.2) is 0 Å². The molecule has 1 N–H and O–H groups in total. The summed E-state index contributed by atoms with van der Waals surface area (Å²) in [7, 11) is 0. The molecule has 1 fully saturated rings. The molecule has 1 amide bonds. The summed E-state index contributed by atoms with van der Waals surface area (Å²) >= 11 is 0. The standard InChI is InChI=1S/C15H16N2O2/c18-12-8-15(19)17(10-12)7-3-4-11-9-16-14-6-2-1-5-13(11)14/h1-2,5-6,9,16H,3-4,7-8,10H2. The van der Waals surface area contributed by atoms with Crippen molar-refractivity contribution in [2.75, 3.05) is 13.1 Å². The maximum atomic E-state index is 11.5. The van der Waals surface area contributed by atoms with E-state index in [1.807, 2.05) is 18.3 Å². The molecule has 0 saturated carbocycles. The highest BCUT2D eigenvalue weighted by atomic mass is 16.2. The second kappa shape index (κ2) is 4.88. The highest BCUT2D eigenvalue weighted by Gasteiger charge is 2.26. The molecule has 1 aliphatic rings. The smallest absolute Gasteiger partial charge is 0.230 e. The Morgan fingerprint density at radius 2 is 2.05 bits per heavy atom. The van der Waals surface area contributed by atoms with Crippen LogP contribution in [0.2, 0.25) is 0 Å². The Kier molecular flexibility index (Phi) is 3.07. The van der Waals surface area contributed by atoms with Gasteiger partial charge in [0.25, 0.3) is 0 Å². The monoisotopic (exact) mass is 256 g/mol. The minimum atomic E-state index is -0.0241. The molecule has 1 aromatic carbocycles. The quantitative estimate of drug-likeness (QED) is 0.849. The summed E-state index contributed by atoms with van der Waals surface area (Å²) in [6.07, 6.45) is 3.93. The number of para-hydroxylation sites is 1. The van der Waals surface area contributed by atoms with Crippen LogP contribution in [0, 0.1) is 0 Å². The topological polar surface area (TPSA) is 53.2 Å². The molecule has 4 heteroatoms. The zero-order valence-corrected chi connectivity index (χ0v) is 10.7. The summed E-state index contributed by atoms with van der Waals surface area (Å²) in [5.74, 6) is 0.0148. The van der Waals surface area contributed by atoms with E-state index in [-0.39, 0.29) is 18.1 Å². The van der Waals surface area contributed by atoms with Crippen molar-refractivity contribution in [1.29, 1.82) is 0 Å². The lowest BCUT2D eigenvalue weighted by molar-refractivity contribution is -0.127. The molecular formula is C15H16N2O2. The number of rotatable bonds is 4. The lowest BCUT2D eigenvalue weighted by atomic mass is 10.1. The van der Waals surface area contributed by atoms with Crippen molar-refractivity contribution in [3.63, 3.8) is 0 Å². The van der Waals surface area contributed by atoms with Crippen molar-refractivity contribution in [2.45, 2.75) is 19.3 Å². The number of benzene rings is 1. The Morgan fingerprint density at radius 1 is 1.21 bits per heavy atom. The summed E-state index contributed by atoms with van der Waals surface area (Å²) in [5.41, 5.74) is 2.42. The van der Waals surface area contributed by atoms with Crippen LogP contribution in [0.25, 0.3) is 10.9 Å².